The Labute approximate surface area is 254 Å². The number of sulfone groups is 1. The standard InChI is InChI=1S/C30H35F2N7O4S/c1-17-14-24(34-18(2)33-17)36-25-16-21(27-29(37-25)39(30(38-27)28(31)32)26-9-5-7-13-43-26)35-20-11-10-19(15-23(20)44(3,40)41)22-8-4-6-12-42-22/h10-11,14-16,22,26,28H,4-9,12-13H2,1-3H3,(H2,33,34,35,36,37)/t22-,26?/m0/s1. The number of hydrogen-bond acceptors (Lipinski definition) is 10. The molecule has 0 spiro atoms. The molecule has 3 aromatic heterocycles. The molecule has 14 heteroatoms. The van der Waals surface area contributed by atoms with Crippen LogP contribution in [0, 0.1) is 13.8 Å². The van der Waals surface area contributed by atoms with Crippen LogP contribution in [0.1, 0.15) is 80.2 Å². The minimum absolute atomic E-state index is 0.0647. The van der Waals surface area contributed by atoms with Gasteiger partial charge in [-0.1, -0.05) is 6.07 Å². The zero-order valence-corrected chi connectivity index (χ0v) is 25.6. The molecule has 1 aromatic carbocycles. The molecule has 44 heavy (non-hydrogen) atoms. The maximum absolute atomic E-state index is 14.4. The highest BCUT2D eigenvalue weighted by molar-refractivity contribution is 7.90. The first kappa shape index (κ1) is 30.3. The molecular formula is C30H35F2N7O4S. The highest BCUT2D eigenvalue weighted by Gasteiger charge is 2.30. The Balaban J connectivity index is 1.50. The number of benzene rings is 1. The number of nitrogens with one attached hydrogen (secondary N) is 2. The van der Waals surface area contributed by atoms with Crippen LogP contribution in [0.25, 0.3) is 11.2 Å². The maximum Gasteiger partial charge on any atom is 0.295 e. The molecule has 234 valence electrons. The van der Waals surface area contributed by atoms with Crippen LogP contribution in [0.3, 0.4) is 0 Å². The van der Waals surface area contributed by atoms with Crippen molar-refractivity contribution < 1.29 is 26.7 Å². The van der Waals surface area contributed by atoms with Crippen molar-refractivity contribution in [3.05, 3.63) is 53.2 Å². The summed E-state index contributed by atoms with van der Waals surface area (Å²) < 4.78 is 68.1. The molecule has 4 aromatic rings. The van der Waals surface area contributed by atoms with E-state index in [2.05, 4.69) is 25.6 Å². The zero-order chi connectivity index (χ0) is 31.0. The summed E-state index contributed by atoms with van der Waals surface area (Å²) in [5.41, 5.74) is 2.42. The largest absolute Gasteiger partial charge is 0.374 e. The number of fused-ring (bicyclic) bond motifs is 1. The SMILES string of the molecule is Cc1cc(Nc2cc(Nc3ccc([C@@H]4CCCCO4)cc3S(C)(=O)=O)c3nc(C(F)F)n(C4CCCCO4)c3n2)nc(C)n1. The number of nitrogens with zero attached hydrogens (tertiary/aromatic N) is 5. The Morgan fingerprint density at radius 3 is 2.30 bits per heavy atom. The molecule has 0 amide bonds. The second-order valence-corrected chi connectivity index (χ2v) is 13.2. The van der Waals surface area contributed by atoms with E-state index in [1.165, 1.54) is 4.57 Å². The van der Waals surface area contributed by atoms with Gasteiger partial charge in [-0.2, -0.15) is 0 Å². The fraction of sp³-hybridized carbons (Fsp3) is 0.467. The van der Waals surface area contributed by atoms with E-state index in [4.69, 9.17) is 14.5 Å². The fourth-order valence-corrected chi connectivity index (χ4v) is 6.68. The Kier molecular flexibility index (Phi) is 8.49. The number of alkyl halides is 2. The Morgan fingerprint density at radius 2 is 1.64 bits per heavy atom. The second kappa shape index (κ2) is 12.3. The third-order valence-electron chi connectivity index (χ3n) is 7.76. The molecule has 0 aliphatic carbocycles. The third kappa shape index (κ3) is 6.37. The van der Waals surface area contributed by atoms with Crippen molar-refractivity contribution in [1.82, 2.24) is 24.5 Å². The Hall–Kier alpha value is -3.75. The minimum atomic E-state index is -3.70. The van der Waals surface area contributed by atoms with Crippen LogP contribution in [0.15, 0.2) is 35.2 Å². The second-order valence-electron chi connectivity index (χ2n) is 11.3. The fourth-order valence-electron chi connectivity index (χ4n) is 5.81. The lowest BCUT2D eigenvalue weighted by molar-refractivity contribution is -0.0363. The van der Waals surface area contributed by atoms with Crippen LogP contribution in [0.2, 0.25) is 0 Å². The van der Waals surface area contributed by atoms with Gasteiger partial charge in [0.1, 0.15) is 29.2 Å². The highest BCUT2D eigenvalue weighted by Crippen LogP contribution is 2.38. The molecule has 0 radical (unpaired) electrons. The van der Waals surface area contributed by atoms with Crippen LogP contribution < -0.4 is 10.6 Å². The van der Waals surface area contributed by atoms with Crippen LogP contribution >= 0.6 is 0 Å². The van der Waals surface area contributed by atoms with Gasteiger partial charge in [-0.3, -0.25) is 4.57 Å². The van der Waals surface area contributed by atoms with E-state index in [0.29, 0.717) is 42.8 Å². The third-order valence-corrected chi connectivity index (χ3v) is 8.90. The van der Waals surface area contributed by atoms with Crippen molar-refractivity contribution in [2.45, 2.75) is 76.0 Å². The topological polar surface area (TPSA) is 133 Å². The number of aryl methyl sites for hydroxylation is 2. The molecule has 2 atom stereocenters. The molecule has 5 heterocycles. The molecular weight excluding hydrogens is 592 g/mol. The lowest BCUT2D eigenvalue weighted by Gasteiger charge is -2.25. The summed E-state index contributed by atoms with van der Waals surface area (Å²) in [6.45, 7) is 4.66. The van der Waals surface area contributed by atoms with E-state index in [1.54, 1.807) is 31.2 Å². The van der Waals surface area contributed by atoms with Gasteiger partial charge in [0.25, 0.3) is 6.43 Å². The molecule has 2 aliphatic heterocycles. The van der Waals surface area contributed by atoms with Crippen molar-refractivity contribution in [1.29, 1.82) is 0 Å². The van der Waals surface area contributed by atoms with Crippen LogP contribution in [0.5, 0.6) is 0 Å². The van der Waals surface area contributed by atoms with E-state index >= 15 is 0 Å². The molecule has 2 N–H and O–H groups in total. The summed E-state index contributed by atoms with van der Waals surface area (Å²) in [6.07, 6.45) is 2.32. The van der Waals surface area contributed by atoms with Crippen molar-refractivity contribution in [2.75, 3.05) is 30.1 Å². The number of anilines is 4. The van der Waals surface area contributed by atoms with Gasteiger partial charge in [-0.25, -0.2) is 37.1 Å². The minimum Gasteiger partial charge on any atom is -0.374 e. The van der Waals surface area contributed by atoms with Crippen molar-refractivity contribution in [3.8, 4) is 0 Å². The maximum atomic E-state index is 14.4. The summed E-state index contributed by atoms with van der Waals surface area (Å²) in [4.78, 5) is 17.8. The molecule has 0 bridgehead atoms. The van der Waals surface area contributed by atoms with Crippen molar-refractivity contribution in [2.24, 2.45) is 0 Å². The van der Waals surface area contributed by atoms with E-state index in [0.717, 1.165) is 49.6 Å². The average Bonchev–Trinajstić information content (AvgIpc) is 3.37. The van der Waals surface area contributed by atoms with Gasteiger partial charge in [0.15, 0.2) is 21.3 Å². The van der Waals surface area contributed by atoms with Gasteiger partial charge in [-0.05, 0) is 70.1 Å². The number of hydrogen-bond donors (Lipinski definition) is 2. The molecule has 6 rings (SSSR count). The van der Waals surface area contributed by atoms with Gasteiger partial charge >= 0.3 is 0 Å². The summed E-state index contributed by atoms with van der Waals surface area (Å²) in [5, 5.41) is 6.35. The van der Waals surface area contributed by atoms with Crippen LogP contribution in [-0.2, 0) is 19.3 Å². The molecule has 2 saturated heterocycles. The first-order valence-corrected chi connectivity index (χ1v) is 16.6. The number of pyridine rings is 1. The van der Waals surface area contributed by atoms with E-state index in [1.807, 2.05) is 13.0 Å². The quantitative estimate of drug-likeness (QED) is 0.220. The Morgan fingerprint density at radius 1 is 0.886 bits per heavy atom. The van der Waals surface area contributed by atoms with Gasteiger partial charge in [0.05, 0.1) is 22.4 Å². The number of halogens is 2. The van der Waals surface area contributed by atoms with E-state index in [-0.39, 0.29) is 27.9 Å². The lowest BCUT2D eigenvalue weighted by Crippen LogP contribution is -2.20. The summed E-state index contributed by atoms with van der Waals surface area (Å²) >= 11 is 0. The zero-order valence-electron chi connectivity index (χ0n) is 24.8. The monoisotopic (exact) mass is 627 g/mol. The first-order valence-electron chi connectivity index (χ1n) is 14.7. The number of aromatic nitrogens is 5. The molecule has 0 saturated carbocycles. The number of rotatable bonds is 8. The van der Waals surface area contributed by atoms with Crippen LogP contribution in [0.4, 0.5) is 31.8 Å². The predicted octanol–water partition coefficient (Wildman–Crippen LogP) is 6.61. The number of ether oxygens (including phenoxy) is 2. The van der Waals surface area contributed by atoms with Gasteiger partial charge in [0.2, 0.25) is 0 Å². The summed E-state index contributed by atoms with van der Waals surface area (Å²) in [6, 6.07) is 8.47. The van der Waals surface area contributed by atoms with Gasteiger partial charge < -0.3 is 20.1 Å². The van der Waals surface area contributed by atoms with Crippen molar-refractivity contribution >= 4 is 44.0 Å². The average molecular weight is 628 g/mol. The first-order chi connectivity index (χ1) is 21.1. The van der Waals surface area contributed by atoms with Gasteiger partial charge in [-0.15, -0.1) is 0 Å². The lowest BCUT2D eigenvalue weighted by atomic mass is 10.0. The summed E-state index contributed by atoms with van der Waals surface area (Å²) in [5.74, 6) is 0.841. The van der Waals surface area contributed by atoms with Crippen LogP contribution in [-0.4, -0.2) is 52.4 Å². The number of imidazole rings is 1. The highest BCUT2D eigenvalue weighted by atomic mass is 32.2. The molecule has 2 fully saturated rings. The van der Waals surface area contributed by atoms with E-state index < -0.39 is 28.3 Å². The molecule has 11 nitrogen and oxygen atoms in total. The normalized spacial score (nSPS) is 19.4. The molecule has 1 unspecified atom stereocenters. The molecule has 2 aliphatic rings. The van der Waals surface area contributed by atoms with E-state index in [9.17, 15) is 17.2 Å². The smallest absolute Gasteiger partial charge is 0.295 e. The predicted molar refractivity (Wildman–Crippen MR) is 161 cm³/mol. The summed E-state index contributed by atoms with van der Waals surface area (Å²) in [7, 11) is -3.70. The van der Waals surface area contributed by atoms with Crippen molar-refractivity contribution in [3.63, 3.8) is 0 Å². The van der Waals surface area contributed by atoms with Gasteiger partial charge in [0, 0.05) is 37.3 Å². The Bertz CT molecular complexity index is 1770.